The number of benzene rings is 2. The van der Waals surface area contributed by atoms with Gasteiger partial charge in [-0.2, -0.15) is 0 Å². The molecule has 0 aliphatic carbocycles. The molecule has 0 saturated carbocycles. The van der Waals surface area contributed by atoms with Gasteiger partial charge in [0, 0.05) is 24.7 Å². The fourth-order valence-corrected chi connectivity index (χ4v) is 2.50. The lowest BCUT2D eigenvalue weighted by Gasteiger charge is -2.14. The van der Waals surface area contributed by atoms with Gasteiger partial charge in [-0.15, -0.1) is 0 Å². The first-order valence-electron chi connectivity index (χ1n) is 7.76. The fraction of sp³-hybridized carbons (Fsp3) is 0.235. The number of hydrogen-bond acceptors (Lipinski definition) is 6. The molecule has 3 rings (SSSR count). The summed E-state index contributed by atoms with van der Waals surface area (Å²) in [4.78, 5) is 0. The lowest BCUT2D eigenvalue weighted by atomic mass is 10.2. The van der Waals surface area contributed by atoms with Crippen molar-refractivity contribution in [1.29, 1.82) is 0 Å². The molecule has 0 saturated heterocycles. The normalized spacial score (nSPS) is 10.6. The zero-order valence-electron chi connectivity index (χ0n) is 14.2. The molecule has 0 aliphatic heterocycles. The number of nitrogens with one attached hydrogen (secondary N) is 1. The van der Waals surface area contributed by atoms with Gasteiger partial charge in [0.1, 0.15) is 12.4 Å². The second-order valence-corrected chi connectivity index (χ2v) is 5.90. The minimum absolute atomic E-state index is 0.273. The molecule has 2 aromatic carbocycles. The van der Waals surface area contributed by atoms with E-state index in [1.165, 1.54) is 16.8 Å². The van der Waals surface area contributed by atoms with Crippen molar-refractivity contribution in [3.63, 3.8) is 0 Å². The van der Waals surface area contributed by atoms with E-state index in [2.05, 4.69) is 20.8 Å². The molecule has 0 spiro atoms. The van der Waals surface area contributed by atoms with Gasteiger partial charge >= 0.3 is 0 Å². The molecule has 1 heterocycles. The average molecular weight is 378 g/mol. The number of rotatable bonds is 7. The minimum atomic E-state index is -0.288. The Balaban J connectivity index is 1.71. The summed E-state index contributed by atoms with van der Waals surface area (Å²) in [6.07, 6.45) is 0. The van der Waals surface area contributed by atoms with Crippen LogP contribution in [0.1, 0.15) is 11.1 Å². The number of hydrogen-bond donors (Lipinski definition) is 1. The molecule has 0 radical (unpaired) electrons. The first-order valence-corrected chi connectivity index (χ1v) is 8.14. The third-order valence-electron chi connectivity index (χ3n) is 3.70. The standard InChI is InChI=1S/C17H17ClFN5O2/c1-24-17(21-22-23-24)20-9-12-7-15(25-2)16(8-14(12)18)26-10-11-3-5-13(19)6-4-11/h3-8H,9-10H2,1-2H3,(H,20,21,23). The molecule has 0 atom stereocenters. The SMILES string of the molecule is COc1cc(CNc2nnnn2C)c(Cl)cc1OCc1ccc(F)cc1. The highest BCUT2D eigenvalue weighted by molar-refractivity contribution is 6.31. The lowest BCUT2D eigenvalue weighted by molar-refractivity contribution is 0.284. The van der Waals surface area contributed by atoms with Gasteiger partial charge in [0.2, 0.25) is 5.95 Å². The van der Waals surface area contributed by atoms with Crippen molar-refractivity contribution >= 4 is 17.5 Å². The third kappa shape index (κ3) is 4.20. The Morgan fingerprint density at radius 1 is 1.19 bits per heavy atom. The van der Waals surface area contributed by atoms with Crippen LogP contribution in [0, 0.1) is 5.82 Å². The second kappa shape index (κ2) is 8.01. The van der Waals surface area contributed by atoms with Gasteiger partial charge in [-0.05, 0) is 39.8 Å². The van der Waals surface area contributed by atoms with E-state index in [4.69, 9.17) is 21.1 Å². The van der Waals surface area contributed by atoms with Crippen molar-refractivity contribution in [3.8, 4) is 11.5 Å². The summed E-state index contributed by atoms with van der Waals surface area (Å²) in [6.45, 7) is 0.691. The summed E-state index contributed by atoms with van der Waals surface area (Å²) in [6, 6.07) is 9.58. The molecule has 1 aromatic heterocycles. The predicted molar refractivity (Wildman–Crippen MR) is 94.9 cm³/mol. The summed E-state index contributed by atoms with van der Waals surface area (Å²) in [5, 5.41) is 14.8. The van der Waals surface area contributed by atoms with Crippen LogP contribution in [0.4, 0.5) is 10.3 Å². The molecular formula is C17H17ClFN5O2. The van der Waals surface area contributed by atoms with Crippen LogP contribution in [0.5, 0.6) is 11.5 Å². The predicted octanol–water partition coefficient (Wildman–Crippen LogP) is 3.20. The maximum atomic E-state index is 13.0. The molecule has 9 heteroatoms. The zero-order chi connectivity index (χ0) is 18.5. The highest BCUT2D eigenvalue weighted by Gasteiger charge is 2.12. The third-order valence-corrected chi connectivity index (χ3v) is 4.05. The first-order chi connectivity index (χ1) is 12.6. The monoisotopic (exact) mass is 377 g/mol. The van der Waals surface area contributed by atoms with E-state index >= 15 is 0 Å². The van der Waals surface area contributed by atoms with Crippen LogP contribution >= 0.6 is 11.6 Å². The molecule has 1 N–H and O–H groups in total. The Bertz CT molecular complexity index is 885. The minimum Gasteiger partial charge on any atom is -0.493 e. The van der Waals surface area contributed by atoms with E-state index < -0.39 is 0 Å². The molecule has 3 aromatic rings. The smallest absolute Gasteiger partial charge is 0.242 e. The van der Waals surface area contributed by atoms with Crippen LogP contribution in [0.25, 0.3) is 0 Å². The molecule has 0 amide bonds. The van der Waals surface area contributed by atoms with Gasteiger partial charge in [-0.3, -0.25) is 0 Å². The Labute approximate surface area is 154 Å². The van der Waals surface area contributed by atoms with Gasteiger partial charge in [0.25, 0.3) is 0 Å². The van der Waals surface area contributed by atoms with Crippen LogP contribution in [-0.4, -0.2) is 27.3 Å². The lowest BCUT2D eigenvalue weighted by Crippen LogP contribution is -2.07. The van der Waals surface area contributed by atoms with Crippen LogP contribution < -0.4 is 14.8 Å². The summed E-state index contributed by atoms with van der Waals surface area (Å²) in [5.41, 5.74) is 1.64. The van der Waals surface area contributed by atoms with E-state index in [9.17, 15) is 4.39 Å². The van der Waals surface area contributed by atoms with Crippen LogP contribution in [0.15, 0.2) is 36.4 Å². The Morgan fingerprint density at radius 2 is 1.96 bits per heavy atom. The van der Waals surface area contributed by atoms with Crippen molar-refractivity contribution in [3.05, 3.63) is 58.4 Å². The molecule has 26 heavy (non-hydrogen) atoms. The largest absolute Gasteiger partial charge is 0.493 e. The van der Waals surface area contributed by atoms with Gasteiger partial charge in [0.05, 0.1) is 7.11 Å². The van der Waals surface area contributed by atoms with Crippen molar-refractivity contribution < 1.29 is 13.9 Å². The summed E-state index contributed by atoms with van der Waals surface area (Å²) < 4.78 is 25.6. The number of halogens is 2. The number of nitrogens with zero attached hydrogens (tertiary/aromatic N) is 4. The van der Waals surface area contributed by atoms with Gasteiger partial charge < -0.3 is 14.8 Å². The Kier molecular flexibility index (Phi) is 5.52. The van der Waals surface area contributed by atoms with Crippen molar-refractivity contribution in [1.82, 2.24) is 20.2 Å². The van der Waals surface area contributed by atoms with E-state index in [1.807, 2.05) is 0 Å². The van der Waals surface area contributed by atoms with Crippen LogP contribution in [0.3, 0.4) is 0 Å². The van der Waals surface area contributed by atoms with Crippen molar-refractivity contribution in [2.75, 3.05) is 12.4 Å². The molecule has 0 bridgehead atoms. The van der Waals surface area contributed by atoms with Gasteiger partial charge in [-0.25, -0.2) is 9.07 Å². The van der Waals surface area contributed by atoms with E-state index in [0.717, 1.165) is 11.1 Å². The number of ether oxygens (including phenoxy) is 2. The molecule has 0 aliphatic rings. The maximum Gasteiger partial charge on any atom is 0.242 e. The Hall–Kier alpha value is -2.87. The van der Waals surface area contributed by atoms with Crippen molar-refractivity contribution in [2.24, 2.45) is 7.05 Å². The summed E-state index contributed by atoms with van der Waals surface area (Å²) >= 11 is 6.36. The molecular weight excluding hydrogens is 361 g/mol. The molecule has 0 unspecified atom stereocenters. The Morgan fingerprint density at radius 3 is 2.62 bits per heavy atom. The average Bonchev–Trinajstić information content (AvgIpc) is 3.05. The van der Waals surface area contributed by atoms with Gasteiger partial charge in [-0.1, -0.05) is 28.8 Å². The molecule has 7 nitrogen and oxygen atoms in total. The quantitative estimate of drug-likeness (QED) is 0.681. The first kappa shape index (κ1) is 17.9. The van der Waals surface area contributed by atoms with Crippen LogP contribution in [-0.2, 0) is 20.2 Å². The fourth-order valence-electron chi connectivity index (χ4n) is 2.28. The van der Waals surface area contributed by atoms with Crippen molar-refractivity contribution in [2.45, 2.75) is 13.2 Å². The number of tetrazole rings is 1. The molecule has 136 valence electrons. The number of aromatic nitrogens is 4. The summed E-state index contributed by atoms with van der Waals surface area (Å²) in [5.74, 6) is 1.29. The van der Waals surface area contributed by atoms with Crippen LogP contribution in [0.2, 0.25) is 5.02 Å². The highest BCUT2D eigenvalue weighted by atomic mass is 35.5. The molecule has 0 fully saturated rings. The zero-order valence-corrected chi connectivity index (χ0v) is 15.0. The maximum absolute atomic E-state index is 13.0. The number of aryl methyl sites for hydroxylation is 1. The van der Waals surface area contributed by atoms with E-state index in [-0.39, 0.29) is 12.4 Å². The second-order valence-electron chi connectivity index (χ2n) is 5.49. The van der Waals surface area contributed by atoms with Gasteiger partial charge in [0.15, 0.2) is 11.5 Å². The number of methoxy groups -OCH3 is 1. The van der Waals surface area contributed by atoms with E-state index in [0.29, 0.717) is 29.0 Å². The number of anilines is 1. The highest BCUT2D eigenvalue weighted by Crippen LogP contribution is 2.34. The summed E-state index contributed by atoms with van der Waals surface area (Å²) in [7, 11) is 3.29. The topological polar surface area (TPSA) is 74.1 Å². The van der Waals surface area contributed by atoms with E-state index in [1.54, 1.807) is 38.4 Å².